The van der Waals surface area contributed by atoms with Crippen molar-refractivity contribution < 1.29 is 12.7 Å². The first-order valence-corrected chi connectivity index (χ1v) is 5.71. The molecular formula is C7H15NO3S. The highest BCUT2D eigenvalue weighted by molar-refractivity contribution is 7.87. The number of hydroxylamine groups is 1. The van der Waals surface area contributed by atoms with Gasteiger partial charge in [0.05, 0.1) is 5.25 Å². The van der Waals surface area contributed by atoms with E-state index in [1.165, 1.54) is 0 Å². The van der Waals surface area contributed by atoms with Crippen LogP contribution >= 0.6 is 0 Å². The molecule has 12 heavy (non-hydrogen) atoms. The van der Waals surface area contributed by atoms with Gasteiger partial charge in [-0.25, -0.2) is 0 Å². The third kappa shape index (κ3) is 2.73. The van der Waals surface area contributed by atoms with Crippen LogP contribution in [0, 0.1) is 0 Å². The molecule has 1 atom stereocenters. The van der Waals surface area contributed by atoms with Gasteiger partial charge in [-0.15, -0.1) is 0 Å². The maximum Gasteiger partial charge on any atom is 0.285 e. The second-order valence-electron chi connectivity index (χ2n) is 3.19. The molecule has 0 bridgehead atoms. The molecule has 1 unspecified atom stereocenters. The van der Waals surface area contributed by atoms with Crippen LogP contribution in [0.4, 0.5) is 0 Å². The topological polar surface area (TPSA) is 55.4 Å². The van der Waals surface area contributed by atoms with Gasteiger partial charge in [-0.2, -0.15) is 18.2 Å². The number of rotatable bonds is 5. The minimum atomic E-state index is -3.38. The molecule has 1 saturated carbocycles. The molecule has 1 aliphatic rings. The van der Waals surface area contributed by atoms with Crippen molar-refractivity contribution in [3.05, 3.63) is 0 Å². The van der Waals surface area contributed by atoms with Gasteiger partial charge in [0.2, 0.25) is 0 Å². The van der Waals surface area contributed by atoms with Crippen molar-refractivity contribution in [3.63, 3.8) is 0 Å². The van der Waals surface area contributed by atoms with Crippen molar-refractivity contribution in [2.75, 3.05) is 0 Å². The third-order valence-electron chi connectivity index (χ3n) is 1.98. The number of hydrogen-bond donors (Lipinski definition) is 1. The van der Waals surface area contributed by atoms with Crippen LogP contribution in [-0.2, 0) is 14.4 Å². The quantitative estimate of drug-likeness (QED) is 0.656. The Balaban J connectivity index is 2.35. The Morgan fingerprint density at radius 1 is 1.58 bits per heavy atom. The maximum atomic E-state index is 11.2. The first kappa shape index (κ1) is 9.95. The molecule has 0 radical (unpaired) electrons. The van der Waals surface area contributed by atoms with Crippen LogP contribution in [-0.4, -0.2) is 19.7 Å². The van der Waals surface area contributed by atoms with Crippen molar-refractivity contribution in [1.29, 1.82) is 0 Å². The van der Waals surface area contributed by atoms with E-state index in [-0.39, 0.29) is 6.04 Å². The monoisotopic (exact) mass is 193 g/mol. The number of hydrogen-bond acceptors (Lipinski definition) is 4. The summed E-state index contributed by atoms with van der Waals surface area (Å²) in [5, 5.41) is -0.427. The molecule has 1 rings (SSSR count). The fourth-order valence-corrected chi connectivity index (χ4v) is 1.47. The first-order chi connectivity index (χ1) is 5.56. The molecular weight excluding hydrogens is 178 g/mol. The zero-order chi connectivity index (χ0) is 9.19. The van der Waals surface area contributed by atoms with E-state index in [1.54, 1.807) is 6.92 Å². The van der Waals surface area contributed by atoms with Gasteiger partial charge < -0.3 is 0 Å². The predicted molar refractivity (Wildman–Crippen MR) is 45.9 cm³/mol. The Morgan fingerprint density at radius 3 is 2.58 bits per heavy atom. The summed E-state index contributed by atoms with van der Waals surface area (Å²) in [6, 6.07) is 0.254. The van der Waals surface area contributed by atoms with Crippen LogP contribution in [0.25, 0.3) is 0 Å². The van der Waals surface area contributed by atoms with Gasteiger partial charge in [-0.05, 0) is 26.2 Å². The number of nitrogens with one attached hydrogen (secondary N) is 1. The van der Waals surface area contributed by atoms with Crippen molar-refractivity contribution in [2.45, 2.75) is 44.4 Å². The summed E-state index contributed by atoms with van der Waals surface area (Å²) in [7, 11) is -3.38. The summed E-state index contributed by atoms with van der Waals surface area (Å²) in [4.78, 5) is 0. The zero-order valence-corrected chi connectivity index (χ0v) is 8.23. The van der Waals surface area contributed by atoms with E-state index in [9.17, 15) is 8.42 Å². The second kappa shape index (κ2) is 3.72. The van der Waals surface area contributed by atoms with Crippen LogP contribution in [0.3, 0.4) is 0 Å². The Labute approximate surface area is 73.4 Å². The molecule has 72 valence electrons. The molecule has 1 N–H and O–H groups in total. The molecule has 4 nitrogen and oxygen atoms in total. The normalized spacial score (nSPS) is 20.8. The molecule has 1 fully saturated rings. The van der Waals surface area contributed by atoms with E-state index in [0.29, 0.717) is 6.42 Å². The standard InChI is InChI=1S/C7H15NO3S/c1-3-6(2)12(9,10)11-8-7-4-5-7/h6-8H,3-5H2,1-2H3. The van der Waals surface area contributed by atoms with E-state index >= 15 is 0 Å². The minimum absolute atomic E-state index is 0.254. The summed E-state index contributed by atoms with van der Waals surface area (Å²) in [5.41, 5.74) is 2.52. The van der Waals surface area contributed by atoms with Crippen molar-refractivity contribution in [3.8, 4) is 0 Å². The van der Waals surface area contributed by atoms with E-state index in [4.69, 9.17) is 0 Å². The molecule has 0 aliphatic heterocycles. The second-order valence-corrected chi connectivity index (χ2v) is 5.14. The molecule has 0 saturated heterocycles. The fraction of sp³-hybridized carbons (Fsp3) is 1.00. The van der Waals surface area contributed by atoms with E-state index in [0.717, 1.165) is 12.8 Å². The summed E-state index contributed by atoms with van der Waals surface area (Å²) in [5.74, 6) is 0. The summed E-state index contributed by atoms with van der Waals surface area (Å²) in [6.07, 6.45) is 2.60. The van der Waals surface area contributed by atoms with Gasteiger partial charge in [0.25, 0.3) is 10.1 Å². The lowest BCUT2D eigenvalue weighted by Crippen LogP contribution is -2.28. The fourth-order valence-electron chi connectivity index (χ4n) is 0.623. The van der Waals surface area contributed by atoms with Gasteiger partial charge in [-0.1, -0.05) is 6.92 Å². The van der Waals surface area contributed by atoms with Crippen LogP contribution in [0.1, 0.15) is 33.1 Å². The van der Waals surface area contributed by atoms with E-state index in [2.05, 4.69) is 9.76 Å². The van der Waals surface area contributed by atoms with Gasteiger partial charge in [0, 0.05) is 6.04 Å². The summed E-state index contributed by atoms with van der Waals surface area (Å²) >= 11 is 0. The molecule has 0 aromatic rings. The van der Waals surface area contributed by atoms with Gasteiger partial charge >= 0.3 is 0 Å². The molecule has 0 aromatic carbocycles. The average Bonchev–Trinajstić information content (AvgIpc) is 2.82. The maximum absolute atomic E-state index is 11.2. The third-order valence-corrected chi connectivity index (χ3v) is 3.62. The highest BCUT2D eigenvalue weighted by Gasteiger charge is 2.26. The zero-order valence-electron chi connectivity index (χ0n) is 7.41. The van der Waals surface area contributed by atoms with Crippen molar-refractivity contribution in [1.82, 2.24) is 5.48 Å². The Hall–Kier alpha value is -0.130. The largest absolute Gasteiger partial charge is 0.285 e. The first-order valence-electron chi connectivity index (χ1n) is 4.24. The molecule has 0 amide bonds. The Kier molecular flexibility index (Phi) is 3.09. The lowest BCUT2D eigenvalue weighted by molar-refractivity contribution is 0.194. The van der Waals surface area contributed by atoms with Gasteiger partial charge in [0.15, 0.2) is 0 Å². The summed E-state index contributed by atoms with van der Waals surface area (Å²) < 4.78 is 27.0. The molecule has 1 aliphatic carbocycles. The van der Waals surface area contributed by atoms with Crippen LogP contribution in [0.2, 0.25) is 0 Å². The van der Waals surface area contributed by atoms with Crippen LogP contribution in [0.5, 0.6) is 0 Å². The summed E-state index contributed by atoms with van der Waals surface area (Å²) in [6.45, 7) is 3.46. The van der Waals surface area contributed by atoms with Crippen molar-refractivity contribution in [2.24, 2.45) is 0 Å². The van der Waals surface area contributed by atoms with E-state index in [1.807, 2.05) is 6.92 Å². The SMILES string of the molecule is CCC(C)S(=O)(=O)ONC1CC1. The average molecular weight is 193 g/mol. The Morgan fingerprint density at radius 2 is 2.17 bits per heavy atom. The lowest BCUT2D eigenvalue weighted by Gasteiger charge is -2.09. The highest BCUT2D eigenvalue weighted by Crippen LogP contribution is 2.19. The highest BCUT2D eigenvalue weighted by atomic mass is 32.2. The molecule has 0 aromatic heterocycles. The van der Waals surface area contributed by atoms with Crippen LogP contribution < -0.4 is 5.48 Å². The van der Waals surface area contributed by atoms with E-state index < -0.39 is 15.4 Å². The molecule has 0 spiro atoms. The smallest absolute Gasteiger partial charge is 0.198 e. The van der Waals surface area contributed by atoms with Gasteiger partial charge in [0.1, 0.15) is 0 Å². The lowest BCUT2D eigenvalue weighted by atomic mass is 10.4. The predicted octanol–water partition coefficient (Wildman–Crippen LogP) is 0.798. The Bertz CT molecular complexity index is 233. The van der Waals surface area contributed by atoms with Crippen LogP contribution in [0.15, 0.2) is 0 Å². The minimum Gasteiger partial charge on any atom is -0.198 e. The molecule has 5 heteroatoms. The van der Waals surface area contributed by atoms with Crippen molar-refractivity contribution >= 4 is 10.1 Å². The molecule has 0 heterocycles. The van der Waals surface area contributed by atoms with Gasteiger partial charge in [-0.3, -0.25) is 0 Å².